The molecule has 132 valence electrons. The van der Waals surface area contributed by atoms with Gasteiger partial charge in [-0.2, -0.15) is 36.5 Å². The highest BCUT2D eigenvalue weighted by Crippen LogP contribution is 2.40. The second-order valence-electron chi connectivity index (χ2n) is 4.95. The summed E-state index contributed by atoms with van der Waals surface area (Å²) in [6, 6.07) is 2.77. The molecule has 0 spiro atoms. The van der Waals surface area contributed by atoms with E-state index in [2.05, 4.69) is 15.3 Å². The lowest BCUT2D eigenvalue weighted by Crippen LogP contribution is -2.12. The van der Waals surface area contributed by atoms with E-state index in [1.807, 2.05) is 0 Å². The quantitative estimate of drug-likeness (QED) is 0.485. The van der Waals surface area contributed by atoms with E-state index in [0.29, 0.717) is 16.7 Å². The van der Waals surface area contributed by atoms with Gasteiger partial charge in [-0.1, -0.05) is 17.8 Å². The molecule has 1 aromatic carbocycles. The van der Waals surface area contributed by atoms with Gasteiger partial charge in [0.1, 0.15) is 0 Å². The molecule has 0 radical (unpaired) electrons. The van der Waals surface area contributed by atoms with Crippen molar-refractivity contribution >= 4 is 17.3 Å². The first-order valence-electron chi connectivity index (χ1n) is 6.65. The lowest BCUT2D eigenvalue weighted by molar-refractivity contribution is -0.142. The zero-order chi connectivity index (χ0) is 18.4. The topological polar surface area (TPSA) is 43.1 Å². The molecule has 3 rings (SSSR count). The molecule has 11 heteroatoms. The summed E-state index contributed by atoms with van der Waals surface area (Å²) in [4.78, 5) is 0. The van der Waals surface area contributed by atoms with Crippen LogP contribution >= 0.6 is 11.8 Å². The number of hydrogen-bond donors (Lipinski definition) is 0. The van der Waals surface area contributed by atoms with Crippen molar-refractivity contribution in [3.05, 3.63) is 41.6 Å². The fourth-order valence-electron chi connectivity index (χ4n) is 2.26. The summed E-state index contributed by atoms with van der Waals surface area (Å²) in [7, 11) is 0. The van der Waals surface area contributed by atoms with Crippen LogP contribution in [0.2, 0.25) is 0 Å². The maximum Gasteiger partial charge on any atom is 0.417 e. The molecule has 0 saturated carbocycles. The van der Waals surface area contributed by atoms with E-state index >= 15 is 0 Å². The molecule has 4 nitrogen and oxygen atoms in total. The number of alkyl halides is 6. The van der Waals surface area contributed by atoms with Crippen molar-refractivity contribution in [1.82, 2.24) is 19.8 Å². The van der Waals surface area contributed by atoms with E-state index < -0.39 is 29.0 Å². The van der Waals surface area contributed by atoms with Crippen LogP contribution in [0, 0.1) is 0 Å². The number of fused-ring (bicyclic) bond motifs is 1. The number of rotatable bonds is 2. The molecule has 2 aromatic heterocycles. The zero-order valence-electron chi connectivity index (χ0n) is 12.4. The second kappa shape index (κ2) is 5.90. The van der Waals surface area contributed by atoms with Gasteiger partial charge in [0, 0.05) is 5.56 Å². The van der Waals surface area contributed by atoms with Crippen LogP contribution in [0.4, 0.5) is 26.3 Å². The summed E-state index contributed by atoms with van der Waals surface area (Å²) in [5, 5.41) is 11.9. The van der Waals surface area contributed by atoms with Gasteiger partial charge in [-0.25, -0.2) is 4.52 Å². The van der Waals surface area contributed by atoms with E-state index in [-0.39, 0.29) is 11.8 Å². The molecule has 0 unspecified atom stereocenters. The minimum atomic E-state index is -4.97. The molecule has 0 fully saturated rings. The van der Waals surface area contributed by atoms with Gasteiger partial charge < -0.3 is 0 Å². The number of aromatic nitrogens is 4. The van der Waals surface area contributed by atoms with Crippen molar-refractivity contribution in [3.8, 4) is 11.3 Å². The first kappa shape index (κ1) is 17.5. The Labute approximate surface area is 140 Å². The predicted octanol–water partition coefficient (Wildman–Crippen LogP) is 4.55. The molecule has 0 bridgehead atoms. The Morgan fingerprint density at radius 1 is 1.00 bits per heavy atom. The Hall–Kier alpha value is -2.30. The molecule has 3 aromatic rings. The van der Waals surface area contributed by atoms with Crippen molar-refractivity contribution < 1.29 is 26.3 Å². The van der Waals surface area contributed by atoms with Crippen molar-refractivity contribution in [3.63, 3.8) is 0 Å². The van der Waals surface area contributed by atoms with Gasteiger partial charge >= 0.3 is 12.4 Å². The predicted molar refractivity (Wildman–Crippen MR) is 78.0 cm³/mol. The van der Waals surface area contributed by atoms with E-state index in [9.17, 15) is 26.3 Å². The van der Waals surface area contributed by atoms with Crippen LogP contribution in [0.15, 0.2) is 35.6 Å². The fourth-order valence-corrected chi connectivity index (χ4v) is 2.71. The molecule has 0 aliphatic carbocycles. The minimum absolute atomic E-state index is 0.0886. The second-order valence-corrected chi connectivity index (χ2v) is 5.73. The smallest absolute Gasteiger partial charge is 0.206 e. The van der Waals surface area contributed by atoms with E-state index in [4.69, 9.17) is 0 Å². The number of hydrogen-bond acceptors (Lipinski definition) is 4. The van der Waals surface area contributed by atoms with Crippen molar-refractivity contribution in [1.29, 1.82) is 0 Å². The number of nitrogens with zero attached hydrogens (tertiary/aromatic N) is 4. The number of thioether (sulfide) groups is 1. The number of halogens is 6. The van der Waals surface area contributed by atoms with Crippen LogP contribution in [0.25, 0.3) is 16.8 Å². The molecule has 0 aliphatic rings. The average molecular weight is 378 g/mol. The van der Waals surface area contributed by atoms with Crippen molar-refractivity contribution in [2.45, 2.75) is 17.5 Å². The van der Waals surface area contributed by atoms with Crippen LogP contribution in [-0.2, 0) is 12.4 Å². The third kappa shape index (κ3) is 3.28. The Bertz CT molecular complexity index is 931. The van der Waals surface area contributed by atoms with Gasteiger partial charge in [-0.05, 0) is 24.5 Å². The minimum Gasteiger partial charge on any atom is -0.206 e. The number of benzene rings is 1. The zero-order valence-corrected chi connectivity index (χ0v) is 13.2. The Balaban J connectivity index is 2.23. The standard InChI is InChI=1S/C14H8F6N4S/c1-25-12-22-21-6-8-5-11(23-24(8)12)9-3-2-7(13(15,16)17)4-10(9)14(18,19)20/h2-6H,1H3. The van der Waals surface area contributed by atoms with E-state index in [0.717, 1.165) is 6.07 Å². The first-order chi connectivity index (χ1) is 11.6. The fraction of sp³-hybridized carbons (Fsp3) is 0.214. The third-order valence-corrected chi connectivity index (χ3v) is 3.98. The summed E-state index contributed by atoms with van der Waals surface area (Å²) < 4.78 is 79.3. The summed E-state index contributed by atoms with van der Waals surface area (Å²) in [6.45, 7) is 0. The summed E-state index contributed by atoms with van der Waals surface area (Å²) in [6.07, 6.45) is -6.86. The Kier molecular flexibility index (Phi) is 4.13. The molecular formula is C14H8F6N4S. The highest BCUT2D eigenvalue weighted by molar-refractivity contribution is 7.98. The van der Waals surface area contributed by atoms with Gasteiger partial charge in [0.15, 0.2) is 0 Å². The maximum atomic E-state index is 13.3. The molecule has 0 aliphatic heterocycles. The van der Waals surface area contributed by atoms with Crippen LogP contribution in [0.5, 0.6) is 0 Å². The summed E-state index contributed by atoms with van der Waals surface area (Å²) in [5.74, 6) is 0. The van der Waals surface area contributed by atoms with Crippen molar-refractivity contribution in [2.24, 2.45) is 0 Å². The summed E-state index contributed by atoms with van der Waals surface area (Å²) >= 11 is 1.18. The summed E-state index contributed by atoms with van der Waals surface area (Å²) in [5.41, 5.74) is -2.97. The lowest BCUT2D eigenvalue weighted by atomic mass is 10.0. The molecule has 2 heterocycles. The molecule has 0 amide bonds. The normalized spacial score (nSPS) is 12.8. The van der Waals surface area contributed by atoms with Crippen LogP contribution in [0.3, 0.4) is 0 Å². The van der Waals surface area contributed by atoms with E-state index in [1.165, 1.54) is 28.5 Å². The highest BCUT2D eigenvalue weighted by atomic mass is 32.2. The van der Waals surface area contributed by atoms with Gasteiger partial charge in [0.25, 0.3) is 0 Å². The molecular weight excluding hydrogens is 370 g/mol. The maximum absolute atomic E-state index is 13.3. The lowest BCUT2D eigenvalue weighted by Gasteiger charge is -2.14. The molecule has 0 saturated heterocycles. The SMILES string of the molecule is CSc1nncc2cc(-c3ccc(C(F)(F)F)cc3C(F)(F)F)nn12. The average Bonchev–Trinajstić information content (AvgIpc) is 2.96. The van der Waals surface area contributed by atoms with Gasteiger partial charge in [0.2, 0.25) is 5.16 Å². The van der Waals surface area contributed by atoms with E-state index in [1.54, 1.807) is 6.26 Å². The Morgan fingerprint density at radius 2 is 1.72 bits per heavy atom. The molecule has 0 N–H and O–H groups in total. The first-order valence-corrected chi connectivity index (χ1v) is 7.88. The monoisotopic (exact) mass is 378 g/mol. The van der Waals surface area contributed by atoms with Crippen molar-refractivity contribution in [2.75, 3.05) is 6.26 Å². The van der Waals surface area contributed by atoms with Gasteiger partial charge in [-0.15, -0.1) is 5.10 Å². The Morgan fingerprint density at radius 3 is 2.32 bits per heavy atom. The third-order valence-electron chi connectivity index (χ3n) is 3.36. The van der Waals surface area contributed by atoms with Crippen LogP contribution in [0.1, 0.15) is 11.1 Å². The van der Waals surface area contributed by atoms with Gasteiger partial charge in [0.05, 0.1) is 28.5 Å². The van der Waals surface area contributed by atoms with Gasteiger partial charge in [-0.3, -0.25) is 0 Å². The van der Waals surface area contributed by atoms with Crippen LogP contribution < -0.4 is 0 Å². The van der Waals surface area contributed by atoms with Crippen LogP contribution in [-0.4, -0.2) is 26.1 Å². The molecule has 25 heavy (non-hydrogen) atoms. The largest absolute Gasteiger partial charge is 0.417 e. The molecule has 0 atom stereocenters. The highest BCUT2D eigenvalue weighted by Gasteiger charge is 2.38.